The van der Waals surface area contributed by atoms with Gasteiger partial charge in [-0.1, -0.05) is 0 Å². The van der Waals surface area contributed by atoms with Gasteiger partial charge in [0.05, 0.1) is 7.11 Å². The van der Waals surface area contributed by atoms with Crippen molar-refractivity contribution in [2.24, 2.45) is 23.5 Å². The van der Waals surface area contributed by atoms with Gasteiger partial charge in [-0.15, -0.1) is 0 Å². The smallest absolute Gasteiger partial charge is 0.223 e. The number of nitrogens with one attached hydrogen (secondary N) is 1. The van der Waals surface area contributed by atoms with Crippen LogP contribution in [0.5, 0.6) is 5.75 Å². The summed E-state index contributed by atoms with van der Waals surface area (Å²) in [5.41, 5.74) is 6.74. The van der Waals surface area contributed by atoms with Crippen molar-refractivity contribution in [3.05, 3.63) is 29.6 Å². The lowest BCUT2D eigenvalue weighted by molar-refractivity contribution is -0.124. The Morgan fingerprint density at radius 1 is 1.41 bits per heavy atom. The van der Waals surface area contributed by atoms with Gasteiger partial charge in [-0.05, 0) is 61.3 Å². The number of halogens is 1. The largest absolute Gasteiger partial charge is 0.496 e. The summed E-state index contributed by atoms with van der Waals surface area (Å²) in [6, 6.07) is 4.74. The molecule has 3 N–H and O–H groups in total. The third kappa shape index (κ3) is 2.95. The summed E-state index contributed by atoms with van der Waals surface area (Å²) in [6.07, 6.45) is 3.51. The molecule has 4 unspecified atom stereocenters. The van der Waals surface area contributed by atoms with E-state index >= 15 is 0 Å². The van der Waals surface area contributed by atoms with Gasteiger partial charge in [-0.3, -0.25) is 4.79 Å². The molecule has 2 aliphatic rings. The molecule has 0 aliphatic heterocycles. The van der Waals surface area contributed by atoms with Crippen LogP contribution in [0.1, 0.15) is 24.8 Å². The first-order valence-corrected chi connectivity index (χ1v) is 7.94. The van der Waals surface area contributed by atoms with Gasteiger partial charge in [0, 0.05) is 18.5 Å². The zero-order valence-electron chi connectivity index (χ0n) is 12.8. The fraction of sp³-hybridized carbons (Fsp3) is 0.588. The summed E-state index contributed by atoms with van der Waals surface area (Å²) >= 11 is 0. The van der Waals surface area contributed by atoms with Gasteiger partial charge in [0.1, 0.15) is 11.6 Å². The zero-order chi connectivity index (χ0) is 15.7. The van der Waals surface area contributed by atoms with Crippen LogP contribution in [0.4, 0.5) is 4.39 Å². The molecule has 2 fully saturated rings. The molecule has 1 amide bonds. The van der Waals surface area contributed by atoms with E-state index in [1.54, 1.807) is 13.2 Å². The van der Waals surface area contributed by atoms with Crippen LogP contribution in [0.3, 0.4) is 0 Å². The Morgan fingerprint density at radius 3 is 2.91 bits per heavy atom. The number of hydrogen-bond acceptors (Lipinski definition) is 3. The highest BCUT2D eigenvalue weighted by atomic mass is 19.1. The van der Waals surface area contributed by atoms with E-state index in [2.05, 4.69) is 5.32 Å². The average molecular weight is 306 g/mol. The number of methoxy groups -OCH3 is 1. The lowest BCUT2D eigenvalue weighted by atomic mass is 9.72. The number of ether oxygens (including phenoxy) is 1. The highest BCUT2D eigenvalue weighted by molar-refractivity contribution is 5.79. The molecule has 4 nitrogen and oxygen atoms in total. The molecule has 3 rings (SSSR count). The van der Waals surface area contributed by atoms with E-state index in [1.165, 1.54) is 12.1 Å². The van der Waals surface area contributed by atoms with E-state index in [4.69, 9.17) is 10.5 Å². The van der Waals surface area contributed by atoms with Crippen molar-refractivity contribution in [3.63, 3.8) is 0 Å². The molecule has 0 aromatic heterocycles. The minimum Gasteiger partial charge on any atom is -0.496 e. The van der Waals surface area contributed by atoms with Crippen LogP contribution in [-0.4, -0.2) is 25.6 Å². The van der Waals surface area contributed by atoms with Crippen molar-refractivity contribution in [2.75, 3.05) is 13.7 Å². The second-order valence-corrected chi connectivity index (χ2v) is 6.49. The van der Waals surface area contributed by atoms with Crippen molar-refractivity contribution >= 4 is 5.91 Å². The highest BCUT2D eigenvalue weighted by Gasteiger charge is 2.47. The van der Waals surface area contributed by atoms with Crippen LogP contribution in [-0.2, 0) is 11.2 Å². The van der Waals surface area contributed by atoms with E-state index in [1.807, 2.05) is 0 Å². The molecular formula is C17H23FN2O2. The predicted octanol–water partition coefficient (Wildman–Crippen LogP) is 1.87. The van der Waals surface area contributed by atoms with Gasteiger partial charge >= 0.3 is 0 Å². The Bertz CT molecular complexity index is 564. The summed E-state index contributed by atoms with van der Waals surface area (Å²) < 4.78 is 18.5. The number of rotatable bonds is 5. The first kappa shape index (κ1) is 15.3. The number of carbonyl (C=O) groups excluding carboxylic acids is 1. The summed E-state index contributed by atoms with van der Waals surface area (Å²) in [7, 11) is 1.56. The Labute approximate surface area is 130 Å². The molecule has 0 spiro atoms. The van der Waals surface area contributed by atoms with Gasteiger partial charge in [0.15, 0.2) is 0 Å². The summed E-state index contributed by atoms with van der Waals surface area (Å²) in [5.74, 6) is 1.76. The number of amides is 1. The molecule has 0 heterocycles. The lowest BCUT2D eigenvalue weighted by Crippen LogP contribution is -2.44. The molecule has 1 aromatic carbocycles. The quantitative estimate of drug-likeness (QED) is 0.873. The van der Waals surface area contributed by atoms with Crippen LogP contribution >= 0.6 is 0 Å². The Kier molecular flexibility index (Phi) is 4.34. The third-order valence-corrected chi connectivity index (χ3v) is 5.18. The van der Waals surface area contributed by atoms with Gasteiger partial charge in [0.25, 0.3) is 0 Å². The number of nitrogens with two attached hydrogens (primary N) is 1. The van der Waals surface area contributed by atoms with Crippen molar-refractivity contribution in [3.8, 4) is 5.75 Å². The van der Waals surface area contributed by atoms with Gasteiger partial charge < -0.3 is 15.8 Å². The molecule has 5 heteroatoms. The van der Waals surface area contributed by atoms with Crippen molar-refractivity contribution in [2.45, 2.75) is 31.7 Å². The van der Waals surface area contributed by atoms with Crippen LogP contribution in [0, 0.1) is 23.6 Å². The number of hydrogen-bond donors (Lipinski definition) is 2. The van der Waals surface area contributed by atoms with E-state index < -0.39 is 0 Å². The predicted molar refractivity (Wildman–Crippen MR) is 82.0 cm³/mol. The van der Waals surface area contributed by atoms with Crippen LogP contribution in [0.2, 0.25) is 0 Å². The molecule has 22 heavy (non-hydrogen) atoms. The summed E-state index contributed by atoms with van der Waals surface area (Å²) in [5, 5.41) is 2.97. The molecule has 0 bridgehead atoms. The highest BCUT2D eigenvalue weighted by Crippen LogP contribution is 2.48. The van der Waals surface area contributed by atoms with E-state index in [0.717, 1.165) is 24.8 Å². The standard InChI is InChI=1S/C17H23FN2O2/c1-22-16-3-2-13(18)7-10(16)4-5-20-17(21)12-6-11-9-15(19)14(11)8-12/h2-3,7,11-12,14-15H,4-6,8-9,19H2,1H3,(H,20,21). The lowest BCUT2D eigenvalue weighted by Gasteiger charge is -2.37. The second kappa shape index (κ2) is 6.24. The first-order chi connectivity index (χ1) is 10.6. The maximum absolute atomic E-state index is 13.3. The Hall–Kier alpha value is -1.62. The topological polar surface area (TPSA) is 64.3 Å². The monoisotopic (exact) mass is 306 g/mol. The fourth-order valence-electron chi connectivity index (χ4n) is 3.90. The molecule has 2 aliphatic carbocycles. The van der Waals surface area contributed by atoms with Crippen LogP contribution in [0.25, 0.3) is 0 Å². The maximum Gasteiger partial charge on any atom is 0.223 e. The maximum atomic E-state index is 13.3. The van der Waals surface area contributed by atoms with Gasteiger partial charge in [0.2, 0.25) is 5.91 Å². The third-order valence-electron chi connectivity index (χ3n) is 5.18. The second-order valence-electron chi connectivity index (χ2n) is 6.49. The molecule has 120 valence electrons. The zero-order valence-corrected chi connectivity index (χ0v) is 12.8. The molecule has 2 saturated carbocycles. The van der Waals surface area contributed by atoms with Crippen molar-refractivity contribution in [1.29, 1.82) is 0 Å². The van der Waals surface area contributed by atoms with Gasteiger partial charge in [-0.25, -0.2) is 4.39 Å². The van der Waals surface area contributed by atoms with Crippen molar-refractivity contribution < 1.29 is 13.9 Å². The van der Waals surface area contributed by atoms with Crippen LogP contribution in [0.15, 0.2) is 18.2 Å². The number of fused-ring (bicyclic) bond motifs is 1. The molecular weight excluding hydrogens is 283 g/mol. The van der Waals surface area contributed by atoms with E-state index in [0.29, 0.717) is 36.6 Å². The van der Waals surface area contributed by atoms with Crippen LogP contribution < -0.4 is 15.8 Å². The van der Waals surface area contributed by atoms with E-state index in [9.17, 15) is 9.18 Å². The minimum absolute atomic E-state index is 0.0953. The normalized spacial score (nSPS) is 29.6. The minimum atomic E-state index is -0.288. The molecule has 0 radical (unpaired) electrons. The summed E-state index contributed by atoms with van der Waals surface area (Å²) in [4.78, 5) is 12.2. The number of carbonyl (C=O) groups is 1. The SMILES string of the molecule is COc1ccc(F)cc1CCNC(=O)C1CC2CC(N)C2C1. The van der Waals surface area contributed by atoms with Gasteiger partial charge in [-0.2, -0.15) is 0 Å². The first-order valence-electron chi connectivity index (χ1n) is 7.94. The summed E-state index contributed by atoms with van der Waals surface area (Å²) in [6.45, 7) is 0.497. The average Bonchev–Trinajstić information content (AvgIpc) is 2.85. The Balaban J connectivity index is 1.49. The molecule has 4 atom stereocenters. The molecule has 1 aromatic rings. The fourth-order valence-corrected chi connectivity index (χ4v) is 3.90. The Morgan fingerprint density at radius 2 is 2.23 bits per heavy atom. The number of benzene rings is 1. The van der Waals surface area contributed by atoms with Crippen molar-refractivity contribution in [1.82, 2.24) is 5.32 Å². The molecule has 0 saturated heterocycles. The van der Waals surface area contributed by atoms with E-state index in [-0.39, 0.29) is 17.6 Å².